The lowest BCUT2D eigenvalue weighted by Crippen LogP contribution is -2.27. The number of carbonyl (C=O) groups is 1. The van der Waals surface area contributed by atoms with Crippen LogP contribution in [0, 0.1) is 5.92 Å². The van der Waals surface area contributed by atoms with Gasteiger partial charge in [-0.05, 0) is 31.2 Å². The number of nitrogens with one attached hydrogen (secondary N) is 1. The Morgan fingerprint density at radius 2 is 2.38 bits per heavy atom. The number of hydrogen-bond acceptors (Lipinski definition) is 5. The maximum absolute atomic E-state index is 12.1. The first-order valence-electron chi connectivity index (χ1n) is 7.38. The van der Waals surface area contributed by atoms with E-state index in [1.54, 1.807) is 6.07 Å². The normalized spacial score (nSPS) is 14.5. The number of aryl methyl sites for hydroxylation is 1. The van der Waals surface area contributed by atoms with Crippen molar-refractivity contribution < 1.29 is 14.1 Å². The first kappa shape index (κ1) is 14.0. The Morgan fingerprint density at radius 3 is 3.14 bits per heavy atom. The van der Waals surface area contributed by atoms with Gasteiger partial charge >= 0.3 is 0 Å². The molecule has 1 aliphatic carbocycles. The monoisotopic (exact) mass is 289 g/mol. The Hall–Kier alpha value is -1.95. The molecule has 0 atom stereocenters. The maximum atomic E-state index is 12.1. The summed E-state index contributed by atoms with van der Waals surface area (Å²) >= 11 is 0. The molecule has 1 amide bonds. The molecule has 1 fully saturated rings. The predicted octanol–water partition coefficient (Wildman–Crippen LogP) is 1.94. The second-order valence-electron chi connectivity index (χ2n) is 5.33. The van der Waals surface area contributed by atoms with Crippen LogP contribution in [0.1, 0.15) is 35.8 Å². The number of hydrogen-bond donors (Lipinski definition) is 1. The number of ether oxygens (including phenoxy) is 1. The van der Waals surface area contributed by atoms with Crippen molar-refractivity contribution in [2.24, 2.45) is 5.92 Å². The second kappa shape index (κ2) is 6.22. The van der Waals surface area contributed by atoms with Gasteiger partial charge in [-0.25, -0.2) is 4.98 Å². The highest BCUT2D eigenvalue weighted by molar-refractivity contribution is 5.96. The summed E-state index contributed by atoms with van der Waals surface area (Å²) in [5.41, 5.74) is 1.80. The fourth-order valence-corrected chi connectivity index (χ4v) is 2.13. The van der Waals surface area contributed by atoms with Gasteiger partial charge in [-0.2, -0.15) is 0 Å². The predicted molar refractivity (Wildman–Crippen MR) is 77.1 cm³/mol. The Bertz CT molecular complexity index is 634. The summed E-state index contributed by atoms with van der Waals surface area (Å²) in [4.78, 5) is 16.2. The molecule has 0 bridgehead atoms. The van der Waals surface area contributed by atoms with E-state index in [-0.39, 0.29) is 5.91 Å². The van der Waals surface area contributed by atoms with Gasteiger partial charge in [-0.15, -0.1) is 0 Å². The van der Waals surface area contributed by atoms with Crippen LogP contribution in [-0.2, 0) is 11.2 Å². The van der Waals surface area contributed by atoms with E-state index in [0.29, 0.717) is 24.4 Å². The van der Waals surface area contributed by atoms with Gasteiger partial charge in [0.1, 0.15) is 0 Å². The van der Waals surface area contributed by atoms with Crippen molar-refractivity contribution in [2.45, 2.75) is 26.2 Å². The third-order valence-corrected chi connectivity index (χ3v) is 3.58. The van der Waals surface area contributed by atoms with Crippen molar-refractivity contribution in [3.8, 4) is 0 Å². The molecule has 0 spiro atoms. The van der Waals surface area contributed by atoms with E-state index >= 15 is 0 Å². The van der Waals surface area contributed by atoms with Crippen molar-refractivity contribution in [3.63, 3.8) is 0 Å². The fraction of sp³-hybridized carbons (Fsp3) is 0.533. The molecule has 0 saturated heterocycles. The van der Waals surface area contributed by atoms with E-state index in [1.807, 2.05) is 6.92 Å². The standard InChI is InChI=1S/C15H19N3O3/c1-2-13-12-7-11(8-17-15(12)21-18-13)14(19)16-5-6-20-9-10-3-4-10/h7-8,10H,2-6,9H2,1H3,(H,16,19). The van der Waals surface area contributed by atoms with Crippen molar-refractivity contribution in [2.75, 3.05) is 19.8 Å². The Labute approximate surface area is 122 Å². The van der Waals surface area contributed by atoms with Crippen molar-refractivity contribution >= 4 is 17.0 Å². The average Bonchev–Trinajstić information content (AvgIpc) is 3.24. The van der Waals surface area contributed by atoms with Crippen LogP contribution in [-0.4, -0.2) is 35.8 Å². The number of fused-ring (bicyclic) bond motifs is 1. The van der Waals surface area contributed by atoms with E-state index in [2.05, 4.69) is 15.5 Å². The molecule has 2 heterocycles. The van der Waals surface area contributed by atoms with E-state index < -0.39 is 0 Å². The van der Waals surface area contributed by atoms with Gasteiger partial charge in [0.15, 0.2) is 0 Å². The van der Waals surface area contributed by atoms with Gasteiger partial charge in [0.25, 0.3) is 11.6 Å². The zero-order valence-corrected chi connectivity index (χ0v) is 12.1. The van der Waals surface area contributed by atoms with E-state index in [1.165, 1.54) is 19.0 Å². The third-order valence-electron chi connectivity index (χ3n) is 3.58. The number of amides is 1. The summed E-state index contributed by atoms with van der Waals surface area (Å²) in [6, 6.07) is 1.78. The number of rotatable bonds is 7. The second-order valence-corrected chi connectivity index (χ2v) is 5.33. The van der Waals surface area contributed by atoms with E-state index in [4.69, 9.17) is 9.26 Å². The highest BCUT2D eigenvalue weighted by Gasteiger charge is 2.21. The van der Waals surface area contributed by atoms with Crippen molar-refractivity contribution in [3.05, 3.63) is 23.5 Å². The SMILES string of the molecule is CCc1noc2ncc(C(=O)NCCOCC3CC3)cc12. The van der Waals surface area contributed by atoms with Crippen LogP contribution in [0.3, 0.4) is 0 Å². The smallest absolute Gasteiger partial charge is 0.257 e. The summed E-state index contributed by atoms with van der Waals surface area (Å²) in [5, 5.41) is 7.57. The van der Waals surface area contributed by atoms with Crippen LogP contribution in [0.15, 0.2) is 16.8 Å². The first-order chi connectivity index (χ1) is 10.3. The molecular weight excluding hydrogens is 270 g/mol. The Morgan fingerprint density at radius 1 is 1.52 bits per heavy atom. The van der Waals surface area contributed by atoms with Crippen LogP contribution >= 0.6 is 0 Å². The lowest BCUT2D eigenvalue weighted by Gasteiger charge is -2.06. The fourth-order valence-electron chi connectivity index (χ4n) is 2.13. The van der Waals surface area contributed by atoms with Crippen molar-refractivity contribution in [1.82, 2.24) is 15.5 Å². The minimum Gasteiger partial charge on any atom is -0.379 e. The van der Waals surface area contributed by atoms with Gasteiger partial charge < -0.3 is 14.6 Å². The van der Waals surface area contributed by atoms with Crippen molar-refractivity contribution in [1.29, 1.82) is 0 Å². The summed E-state index contributed by atoms with van der Waals surface area (Å²) in [6.07, 6.45) is 4.80. The Balaban J connectivity index is 1.55. The lowest BCUT2D eigenvalue weighted by atomic mass is 10.1. The molecule has 21 heavy (non-hydrogen) atoms. The molecule has 112 valence electrons. The molecule has 1 saturated carbocycles. The summed E-state index contributed by atoms with van der Waals surface area (Å²) in [6.45, 7) is 3.85. The van der Waals surface area contributed by atoms with E-state index in [0.717, 1.165) is 30.0 Å². The molecule has 2 aromatic rings. The molecule has 2 aromatic heterocycles. The molecule has 6 nitrogen and oxygen atoms in total. The number of carbonyl (C=O) groups excluding carboxylic acids is 1. The summed E-state index contributed by atoms with van der Waals surface area (Å²) < 4.78 is 10.6. The third kappa shape index (κ3) is 3.39. The first-order valence-corrected chi connectivity index (χ1v) is 7.38. The topological polar surface area (TPSA) is 77.2 Å². The molecule has 3 rings (SSSR count). The minimum atomic E-state index is -0.150. The highest BCUT2D eigenvalue weighted by Crippen LogP contribution is 2.28. The quantitative estimate of drug-likeness (QED) is 0.788. The van der Waals surface area contributed by atoms with Gasteiger partial charge in [0.05, 0.1) is 23.3 Å². The zero-order chi connectivity index (χ0) is 14.7. The minimum absolute atomic E-state index is 0.150. The summed E-state index contributed by atoms with van der Waals surface area (Å²) in [7, 11) is 0. The lowest BCUT2D eigenvalue weighted by molar-refractivity contribution is 0.0906. The van der Waals surface area contributed by atoms with Crippen LogP contribution in [0.5, 0.6) is 0 Å². The van der Waals surface area contributed by atoms with Crippen LogP contribution in [0.25, 0.3) is 11.1 Å². The highest BCUT2D eigenvalue weighted by atomic mass is 16.5. The number of nitrogens with zero attached hydrogens (tertiary/aromatic N) is 2. The largest absolute Gasteiger partial charge is 0.379 e. The van der Waals surface area contributed by atoms with Gasteiger partial charge in [0, 0.05) is 19.3 Å². The molecule has 0 unspecified atom stereocenters. The average molecular weight is 289 g/mol. The molecule has 6 heteroatoms. The molecule has 0 aliphatic heterocycles. The zero-order valence-electron chi connectivity index (χ0n) is 12.1. The van der Waals surface area contributed by atoms with E-state index in [9.17, 15) is 4.79 Å². The maximum Gasteiger partial charge on any atom is 0.257 e. The van der Waals surface area contributed by atoms with Gasteiger partial charge in [-0.1, -0.05) is 12.1 Å². The van der Waals surface area contributed by atoms with Gasteiger partial charge in [0.2, 0.25) is 0 Å². The van der Waals surface area contributed by atoms with Crippen LogP contribution in [0.4, 0.5) is 0 Å². The van der Waals surface area contributed by atoms with Crippen LogP contribution < -0.4 is 5.32 Å². The Kier molecular flexibility index (Phi) is 4.15. The van der Waals surface area contributed by atoms with Gasteiger partial charge in [-0.3, -0.25) is 4.79 Å². The molecule has 0 radical (unpaired) electrons. The molecule has 1 aliphatic rings. The molecule has 1 N–H and O–H groups in total. The summed E-state index contributed by atoms with van der Waals surface area (Å²) in [5.74, 6) is 0.594. The van der Waals surface area contributed by atoms with Crippen LogP contribution in [0.2, 0.25) is 0 Å². The number of pyridine rings is 1. The molecular formula is C15H19N3O3. The molecule has 0 aromatic carbocycles. The number of aromatic nitrogens is 2.